The molecule has 0 amide bonds. The van der Waals surface area contributed by atoms with Gasteiger partial charge in [0.05, 0.1) is 5.56 Å². The zero-order valence-corrected chi connectivity index (χ0v) is 11.3. The van der Waals surface area contributed by atoms with Crippen molar-refractivity contribution in [2.45, 2.75) is 5.41 Å². The number of benzene rings is 2. The van der Waals surface area contributed by atoms with Crippen molar-refractivity contribution in [3.63, 3.8) is 0 Å². The van der Waals surface area contributed by atoms with E-state index < -0.39 is 23.3 Å². The highest BCUT2D eigenvalue weighted by atomic mass is 16.4. The Labute approximate surface area is 125 Å². The molecule has 0 unspecified atom stereocenters. The minimum Gasteiger partial charge on any atom is -0.480 e. The van der Waals surface area contributed by atoms with Gasteiger partial charge in [-0.1, -0.05) is 48.5 Å². The SMILES string of the molecule is O=C(O)c1ccccc1C(C(=O)O)(C(=O)O)c1ccccc1. The Morgan fingerprint density at radius 1 is 0.727 bits per heavy atom. The number of carbonyl (C=O) groups is 3. The topological polar surface area (TPSA) is 112 Å². The van der Waals surface area contributed by atoms with E-state index in [-0.39, 0.29) is 16.7 Å². The minimum absolute atomic E-state index is 0.0244. The van der Waals surface area contributed by atoms with E-state index in [2.05, 4.69) is 0 Å². The Morgan fingerprint density at radius 2 is 1.23 bits per heavy atom. The Hall–Kier alpha value is -3.15. The summed E-state index contributed by atoms with van der Waals surface area (Å²) in [5, 5.41) is 28.5. The molecule has 22 heavy (non-hydrogen) atoms. The molecule has 2 aromatic rings. The summed E-state index contributed by atoms with van der Waals surface area (Å²) in [6, 6.07) is 12.5. The highest BCUT2D eigenvalue weighted by Gasteiger charge is 2.51. The number of aromatic carboxylic acids is 1. The summed E-state index contributed by atoms with van der Waals surface area (Å²) in [6.07, 6.45) is 0. The predicted molar refractivity (Wildman–Crippen MR) is 75.9 cm³/mol. The molecule has 0 aliphatic rings. The van der Waals surface area contributed by atoms with Crippen molar-refractivity contribution < 1.29 is 29.7 Å². The lowest BCUT2D eigenvalue weighted by Crippen LogP contribution is -2.45. The maximum atomic E-state index is 11.9. The van der Waals surface area contributed by atoms with Crippen molar-refractivity contribution in [2.75, 3.05) is 0 Å². The molecule has 0 aliphatic carbocycles. The quantitative estimate of drug-likeness (QED) is 0.726. The summed E-state index contributed by atoms with van der Waals surface area (Å²) in [6.45, 7) is 0. The van der Waals surface area contributed by atoms with E-state index in [1.807, 2.05) is 0 Å². The number of carboxylic acids is 3. The average molecular weight is 300 g/mol. The minimum atomic E-state index is -2.49. The van der Waals surface area contributed by atoms with Gasteiger partial charge >= 0.3 is 17.9 Å². The van der Waals surface area contributed by atoms with Crippen molar-refractivity contribution in [3.05, 3.63) is 71.3 Å². The zero-order chi connectivity index (χ0) is 16.3. The second-order valence-electron chi connectivity index (χ2n) is 4.58. The summed E-state index contributed by atoms with van der Waals surface area (Å²) < 4.78 is 0. The Balaban J connectivity index is 2.90. The summed E-state index contributed by atoms with van der Waals surface area (Å²) in [7, 11) is 0. The van der Waals surface area contributed by atoms with Crippen molar-refractivity contribution >= 4 is 17.9 Å². The molecule has 6 nitrogen and oxygen atoms in total. The van der Waals surface area contributed by atoms with Crippen LogP contribution in [-0.4, -0.2) is 33.2 Å². The molecule has 0 saturated heterocycles. The van der Waals surface area contributed by atoms with Crippen LogP contribution in [0.5, 0.6) is 0 Å². The first-order chi connectivity index (χ1) is 10.4. The maximum absolute atomic E-state index is 11.9. The number of hydrogen-bond donors (Lipinski definition) is 3. The van der Waals surface area contributed by atoms with Crippen LogP contribution in [0.2, 0.25) is 0 Å². The van der Waals surface area contributed by atoms with Crippen molar-refractivity contribution in [1.82, 2.24) is 0 Å². The van der Waals surface area contributed by atoms with Crippen molar-refractivity contribution in [3.8, 4) is 0 Å². The van der Waals surface area contributed by atoms with Gasteiger partial charge in [-0.3, -0.25) is 9.59 Å². The lowest BCUT2D eigenvalue weighted by molar-refractivity contribution is -0.155. The van der Waals surface area contributed by atoms with E-state index in [4.69, 9.17) is 0 Å². The lowest BCUT2D eigenvalue weighted by atomic mass is 9.72. The number of carboxylic acid groups (broad SMARTS) is 3. The smallest absolute Gasteiger partial charge is 0.336 e. The second-order valence-corrected chi connectivity index (χ2v) is 4.58. The fourth-order valence-electron chi connectivity index (χ4n) is 2.41. The van der Waals surface area contributed by atoms with Crippen molar-refractivity contribution in [1.29, 1.82) is 0 Å². The van der Waals surface area contributed by atoms with Gasteiger partial charge in [0.25, 0.3) is 0 Å². The molecule has 0 bridgehead atoms. The molecule has 0 aliphatic heterocycles. The largest absolute Gasteiger partial charge is 0.480 e. The molecule has 0 saturated carbocycles. The van der Waals surface area contributed by atoms with E-state index in [9.17, 15) is 29.7 Å². The first-order valence-corrected chi connectivity index (χ1v) is 6.27. The second kappa shape index (κ2) is 5.69. The average Bonchev–Trinajstić information content (AvgIpc) is 2.48. The Bertz CT molecular complexity index is 721. The summed E-state index contributed by atoms with van der Waals surface area (Å²) in [5.41, 5.74) is -3.18. The van der Waals surface area contributed by atoms with Crippen LogP contribution in [0.15, 0.2) is 54.6 Å². The molecule has 6 heteroatoms. The molecular weight excluding hydrogens is 288 g/mol. The van der Waals surface area contributed by atoms with Crippen LogP contribution in [0.3, 0.4) is 0 Å². The van der Waals surface area contributed by atoms with Gasteiger partial charge in [-0.05, 0) is 17.2 Å². The molecule has 0 aromatic heterocycles. The molecule has 0 fully saturated rings. The Morgan fingerprint density at radius 3 is 1.73 bits per heavy atom. The Kier molecular flexibility index (Phi) is 3.94. The fraction of sp³-hybridized carbons (Fsp3) is 0.0625. The van der Waals surface area contributed by atoms with Crippen LogP contribution in [0, 0.1) is 0 Å². The van der Waals surface area contributed by atoms with Gasteiger partial charge in [0.15, 0.2) is 0 Å². The highest BCUT2D eigenvalue weighted by molar-refractivity contribution is 6.10. The zero-order valence-electron chi connectivity index (χ0n) is 11.3. The molecule has 2 aromatic carbocycles. The first kappa shape index (κ1) is 15.2. The molecule has 0 heterocycles. The van der Waals surface area contributed by atoms with Crippen LogP contribution in [-0.2, 0) is 15.0 Å². The van der Waals surface area contributed by atoms with Gasteiger partial charge in [0, 0.05) is 0 Å². The van der Waals surface area contributed by atoms with E-state index in [0.29, 0.717) is 0 Å². The van der Waals surface area contributed by atoms with Crippen LogP contribution in [0.4, 0.5) is 0 Å². The van der Waals surface area contributed by atoms with Crippen LogP contribution in [0.1, 0.15) is 21.5 Å². The van der Waals surface area contributed by atoms with Gasteiger partial charge < -0.3 is 15.3 Å². The van der Waals surface area contributed by atoms with Crippen molar-refractivity contribution in [2.24, 2.45) is 0 Å². The molecular formula is C16H12O6. The monoisotopic (exact) mass is 300 g/mol. The predicted octanol–water partition coefficient (Wildman–Crippen LogP) is 1.84. The standard InChI is InChI=1S/C16H12O6/c17-13(18)11-8-4-5-9-12(11)16(14(19)20,15(21)22)10-6-2-1-3-7-10/h1-9H,(H,17,18)(H,19,20)(H,21,22). The number of rotatable bonds is 5. The van der Waals surface area contributed by atoms with Crippen LogP contribution >= 0.6 is 0 Å². The summed E-state index contributed by atoms with van der Waals surface area (Å²) in [5.74, 6) is -4.70. The first-order valence-electron chi connectivity index (χ1n) is 6.27. The summed E-state index contributed by atoms with van der Waals surface area (Å²) in [4.78, 5) is 35.1. The lowest BCUT2D eigenvalue weighted by Gasteiger charge is -2.27. The molecule has 0 spiro atoms. The molecule has 0 radical (unpaired) electrons. The van der Waals surface area contributed by atoms with Crippen LogP contribution < -0.4 is 0 Å². The van der Waals surface area contributed by atoms with Gasteiger partial charge in [-0.15, -0.1) is 0 Å². The molecule has 3 N–H and O–H groups in total. The maximum Gasteiger partial charge on any atom is 0.336 e. The van der Waals surface area contributed by atoms with E-state index in [1.54, 1.807) is 6.07 Å². The number of hydrogen-bond acceptors (Lipinski definition) is 3. The molecule has 2 rings (SSSR count). The van der Waals surface area contributed by atoms with Gasteiger partial charge in [-0.2, -0.15) is 0 Å². The third-order valence-corrected chi connectivity index (χ3v) is 3.41. The van der Waals surface area contributed by atoms with Crippen LogP contribution in [0.25, 0.3) is 0 Å². The third kappa shape index (κ3) is 2.20. The summed E-state index contributed by atoms with van der Waals surface area (Å²) >= 11 is 0. The van der Waals surface area contributed by atoms with Gasteiger partial charge in [0.2, 0.25) is 5.41 Å². The molecule has 0 atom stereocenters. The van der Waals surface area contributed by atoms with E-state index >= 15 is 0 Å². The number of aliphatic carboxylic acids is 2. The van der Waals surface area contributed by atoms with E-state index in [0.717, 1.165) is 0 Å². The fourth-order valence-corrected chi connectivity index (χ4v) is 2.41. The van der Waals surface area contributed by atoms with Gasteiger partial charge in [0.1, 0.15) is 0 Å². The molecule has 112 valence electrons. The van der Waals surface area contributed by atoms with E-state index in [1.165, 1.54) is 48.5 Å². The normalized spacial score (nSPS) is 10.9. The third-order valence-electron chi connectivity index (χ3n) is 3.41. The highest BCUT2D eigenvalue weighted by Crippen LogP contribution is 2.35. The van der Waals surface area contributed by atoms with Gasteiger partial charge in [-0.25, -0.2) is 4.79 Å².